The van der Waals surface area contributed by atoms with Gasteiger partial charge in [0.2, 0.25) is 5.91 Å². The van der Waals surface area contributed by atoms with Gasteiger partial charge in [-0.1, -0.05) is 54.5 Å². The summed E-state index contributed by atoms with van der Waals surface area (Å²) in [4.78, 5) is 22.5. The molecule has 0 radical (unpaired) electrons. The van der Waals surface area contributed by atoms with Crippen LogP contribution >= 0.6 is 22.9 Å². The minimum atomic E-state index is 0.0429. The summed E-state index contributed by atoms with van der Waals surface area (Å²) < 4.78 is 6.32. The second-order valence-corrected chi connectivity index (χ2v) is 9.43. The predicted octanol–water partition coefficient (Wildman–Crippen LogP) is 5.80. The molecular weight excluding hydrogens is 442 g/mol. The number of benzene rings is 2. The normalized spacial score (nSPS) is 11.4. The average Bonchev–Trinajstić information content (AvgIpc) is 3.20. The van der Waals surface area contributed by atoms with E-state index in [9.17, 15) is 4.79 Å². The number of ether oxygens (including phenoxy) is 1. The van der Waals surface area contributed by atoms with Crippen LogP contribution in [0.1, 0.15) is 36.1 Å². The molecule has 7 heteroatoms. The molecule has 3 aromatic rings. The van der Waals surface area contributed by atoms with Crippen molar-refractivity contribution < 1.29 is 9.53 Å². The molecule has 0 bridgehead atoms. The topological polar surface area (TPSA) is 45.7 Å². The Labute approximate surface area is 200 Å². The molecule has 0 aliphatic heterocycles. The van der Waals surface area contributed by atoms with Crippen molar-refractivity contribution in [3.63, 3.8) is 0 Å². The van der Waals surface area contributed by atoms with E-state index in [1.54, 1.807) is 7.11 Å². The first-order chi connectivity index (χ1) is 15.3. The number of hydrogen-bond acceptors (Lipinski definition) is 5. The Morgan fingerprint density at radius 3 is 2.34 bits per heavy atom. The number of aryl methyl sites for hydroxylation is 3. The largest absolute Gasteiger partial charge is 0.494 e. The smallest absolute Gasteiger partial charge is 0.233 e. The SMILES string of the molecule is CCN(CC)CCN(C(=O)Cc1c(C)cc(C)cc1C)c1nc2c(OC)ccc(Cl)c2s1. The van der Waals surface area contributed by atoms with Gasteiger partial charge in [0.05, 0.1) is 23.3 Å². The fourth-order valence-electron chi connectivity index (χ4n) is 4.07. The van der Waals surface area contributed by atoms with Gasteiger partial charge in [-0.05, 0) is 62.7 Å². The Kier molecular flexibility index (Phi) is 8.15. The summed E-state index contributed by atoms with van der Waals surface area (Å²) in [7, 11) is 1.62. The van der Waals surface area contributed by atoms with Gasteiger partial charge >= 0.3 is 0 Å². The number of nitrogens with zero attached hydrogens (tertiary/aromatic N) is 3. The van der Waals surface area contributed by atoms with E-state index in [1.165, 1.54) is 16.9 Å². The molecule has 1 heterocycles. The molecule has 0 aliphatic carbocycles. The van der Waals surface area contributed by atoms with Crippen molar-refractivity contribution in [2.75, 3.05) is 38.2 Å². The lowest BCUT2D eigenvalue weighted by Gasteiger charge is -2.25. The summed E-state index contributed by atoms with van der Waals surface area (Å²) in [5, 5.41) is 1.27. The van der Waals surface area contributed by atoms with E-state index < -0.39 is 0 Å². The maximum absolute atomic E-state index is 13.6. The Morgan fingerprint density at radius 1 is 1.09 bits per heavy atom. The van der Waals surface area contributed by atoms with Crippen LogP contribution in [0, 0.1) is 20.8 Å². The van der Waals surface area contributed by atoms with Gasteiger partial charge in [0.1, 0.15) is 11.3 Å². The molecule has 0 saturated heterocycles. The summed E-state index contributed by atoms with van der Waals surface area (Å²) in [6.07, 6.45) is 0.344. The molecule has 1 amide bonds. The molecule has 0 aliphatic rings. The number of halogens is 1. The second-order valence-electron chi connectivity index (χ2n) is 8.05. The van der Waals surface area contributed by atoms with E-state index in [2.05, 4.69) is 51.7 Å². The highest BCUT2D eigenvalue weighted by Gasteiger charge is 2.23. The van der Waals surface area contributed by atoms with Crippen LogP contribution < -0.4 is 9.64 Å². The van der Waals surface area contributed by atoms with Crippen LogP contribution in [0.3, 0.4) is 0 Å². The maximum Gasteiger partial charge on any atom is 0.233 e. The highest BCUT2D eigenvalue weighted by atomic mass is 35.5. The summed E-state index contributed by atoms with van der Waals surface area (Å²) in [5.74, 6) is 0.703. The number of carbonyl (C=O) groups excluding carboxylic acids is 1. The van der Waals surface area contributed by atoms with Crippen LogP contribution in [-0.2, 0) is 11.2 Å². The molecule has 3 rings (SSSR count). The molecule has 0 saturated carbocycles. The Morgan fingerprint density at radius 2 is 1.75 bits per heavy atom. The van der Waals surface area contributed by atoms with Gasteiger partial charge in [0.25, 0.3) is 0 Å². The number of fused-ring (bicyclic) bond motifs is 1. The highest BCUT2D eigenvalue weighted by molar-refractivity contribution is 7.23. The van der Waals surface area contributed by atoms with E-state index >= 15 is 0 Å². The maximum atomic E-state index is 13.6. The van der Waals surface area contributed by atoms with Crippen LogP contribution in [0.2, 0.25) is 5.02 Å². The predicted molar refractivity (Wildman–Crippen MR) is 136 cm³/mol. The number of amides is 1. The summed E-state index contributed by atoms with van der Waals surface area (Å²) in [6, 6.07) is 7.90. The molecular formula is C25H32ClN3O2S. The van der Waals surface area contributed by atoms with Gasteiger partial charge in [-0.3, -0.25) is 9.69 Å². The van der Waals surface area contributed by atoms with Crippen LogP contribution in [0.5, 0.6) is 5.75 Å². The zero-order valence-corrected chi connectivity index (χ0v) is 21.4. The van der Waals surface area contributed by atoms with Gasteiger partial charge < -0.3 is 9.64 Å². The molecule has 1 aromatic heterocycles. The fraction of sp³-hybridized carbons (Fsp3) is 0.440. The number of aromatic nitrogens is 1. The molecule has 172 valence electrons. The standard InChI is InChI=1S/C25H32ClN3O2S/c1-7-28(8-2)11-12-29(22(30)15-19-17(4)13-16(3)14-18(19)5)25-27-23-21(31-6)10-9-20(26)24(23)32-25/h9-10,13-14H,7-8,11-12,15H2,1-6H3. The van der Waals surface area contributed by atoms with Crippen molar-refractivity contribution in [1.82, 2.24) is 9.88 Å². The third-order valence-corrected chi connectivity index (χ3v) is 7.44. The van der Waals surface area contributed by atoms with E-state index in [1.807, 2.05) is 17.0 Å². The zero-order chi connectivity index (χ0) is 23.4. The monoisotopic (exact) mass is 473 g/mol. The Hall–Kier alpha value is -2.15. The summed E-state index contributed by atoms with van der Waals surface area (Å²) >= 11 is 7.89. The number of rotatable bonds is 9. The van der Waals surface area contributed by atoms with Gasteiger partial charge in [0, 0.05) is 13.1 Å². The fourth-order valence-corrected chi connectivity index (χ4v) is 5.36. The first-order valence-corrected chi connectivity index (χ1v) is 12.2. The number of anilines is 1. The molecule has 0 N–H and O–H groups in total. The van der Waals surface area contributed by atoms with Crippen molar-refractivity contribution in [2.24, 2.45) is 0 Å². The second kappa shape index (κ2) is 10.6. The third-order valence-electron chi connectivity index (χ3n) is 5.90. The van der Waals surface area contributed by atoms with Gasteiger partial charge in [-0.15, -0.1) is 0 Å². The third kappa shape index (κ3) is 5.25. The van der Waals surface area contributed by atoms with Gasteiger partial charge in [-0.25, -0.2) is 4.98 Å². The number of carbonyl (C=O) groups is 1. The molecule has 0 unspecified atom stereocenters. The molecule has 0 fully saturated rings. The molecule has 32 heavy (non-hydrogen) atoms. The first kappa shape index (κ1) is 24.5. The minimum absolute atomic E-state index is 0.0429. The van der Waals surface area contributed by atoms with Crippen LogP contribution in [0.15, 0.2) is 24.3 Å². The minimum Gasteiger partial charge on any atom is -0.494 e. The van der Waals surface area contributed by atoms with E-state index in [4.69, 9.17) is 21.3 Å². The van der Waals surface area contributed by atoms with Crippen molar-refractivity contribution >= 4 is 44.2 Å². The average molecular weight is 474 g/mol. The Bertz CT molecular complexity index is 1090. The van der Waals surface area contributed by atoms with Crippen LogP contribution in [0.4, 0.5) is 5.13 Å². The number of hydrogen-bond donors (Lipinski definition) is 0. The number of thiazole rings is 1. The van der Waals surface area contributed by atoms with Crippen molar-refractivity contribution in [3.8, 4) is 5.75 Å². The van der Waals surface area contributed by atoms with Gasteiger partial charge in [0.15, 0.2) is 5.13 Å². The van der Waals surface area contributed by atoms with E-state index in [0.29, 0.717) is 34.4 Å². The van der Waals surface area contributed by atoms with Crippen molar-refractivity contribution in [1.29, 1.82) is 0 Å². The van der Waals surface area contributed by atoms with Crippen LogP contribution in [0.25, 0.3) is 10.2 Å². The lowest BCUT2D eigenvalue weighted by Crippen LogP contribution is -2.39. The van der Waals surface area contributed by atoms with Crippen molar-refractivity contribution in [2.45, 2.75) is 41.0 Å². The Balaban J connectivity index is 1.99. The number of likely N-dealkylation sites (N-methyl/N-ethyl adjacent to an activating group) is 1. The summed E-state index contributed by atoms with van der Waals surface area (Å²) in [6.45, 7) is 13.7. The van der Waals surface area contributed by atoms with Crippen molar-refractivity contribution in [3.05, 3.63) is 51.5 Å². The summed E-state index contributed by atoms with van der Waals surface area (Å²) in [5.41, 5.74) is 5.29. The molecule has 2 aromatic carbocycles. The van der Waals surface area contributed by atoms with E-state index in [-0.39, 0.29) is 5.91 Å². The zero-order valence-electron chi connectivity index (χ0n) is 19.8. The van der Waals surface area contributed by atoms with E-state index in [0.717, 1.165) is 41.0 Å². The molecule has 5 nitrogen and oxygen atoms in total. The highest BCUT2D eigenvalue weighted by Crippen LogP contribution is 2.39. The van der Waals surface area contributed by atoms with Gasteiger partial charge in [-0.2, -0.15) is 0 Å². The molecule has 0 atom stereocenters. The molecule has 0 spiro atoms. The number of methoxy groups -OCH3 is 1. The quantitative estimate of drug-likeness (QED) is 0.394. The van der Waals surface area contributed by atoms with Crippen LogP contribution in [-0.4, -0.2) is 49.1 Å². The first-order valence-electron chi connectivity index (χ1n) is 11.0. The lowest BCUT2D eigenvalue weighted by molar-refractivity contribution is -0.118. The lowest BCUT2D eigenvalue weighted by atomic mass is 9.97.